The molecular weight excluding hydrogens is 438 g/mol. The number of carbonyl (C=O) groups excluding carboxylic acids is 1. The molecule has 0 amide bonds. The summed E-state index contributed by atoms with van der Waals surface area (Å²) in [4.78, 5) is 28.0. The lowest BCUT2D eigenvalue weighted by Crippen LogP contribution is -2.26. The van der Waals surface area contributed by atoms with Gasteiger partial charge >= 0.3 is 12.1 Å². The Bertz CT molecular complexity index is 1140. The fraction of sp³-hybridized carbons (Fsp3) is 0.235. The van der Waals surface area contributed by atoms with Crippen LogP contribution in [0.1, 0.15) is 12.6 Å². The van der Waals surface area contributed by atoms with Crippen molar-refractivity contribution in [1.29, 1.82) is 0 Å². The summed E-state index contributed by atoms with van der Waals surface area (Å²) in [5, 5.41) is -0.0279. The number of hydrogen-bond donors (Lipinski definition) is 0. The average Bonchev–Trinajstić information content (AvgIpc) is 3.09. The molecule has 2 heterocycles. The highest BCUT2D eigenvalue weighted by Crippen LogP contribution is 2.33. The number of rotatable bonds is 5. The van der Waals surface area contributed by atoms with Crippen LogP contribution in [0.5, 0.6) is 0 Å². The molecule has 3 rings (SSSR count). The van der Waals surface area contributed by atoms with E-state index in [9.17, 15) is 27.2 Å². The number of imidazole rings is 1. The van der Waals surface area contributed by atoms with Crippen LogP contribution in [-0.4, -0.2) is 32.3 Å². The second-order valence-electron chi connectivity index (χ2n) is 5.63. The van der Waals surface area contributed by atoms with Gasteiger partial charge in [0.1, 0.15) is 11.5 Å². The average molecular weight is 450 g/mol. The van der Waals surface area contributed by atoms with E-state index >= 15 is 0 Å². The number of ether oxygens (including phenoxy) is 1. The van der Waals surface area contributed by atoms with E-state index in [0.29, 0.717) is 15.0 Å². The van der Waals surface area contributed by atoms with Crippen LogP contribution in [0, 0.1) is 5.82 Å². The van der Waals surface area contributed by atoms with Crippen LogP contribution >= 0.6 is 23.4 Å². The summed E-state index contributed by atoms with van der Waals surface area (Å²) in [6.45, 7) is 1.82. The Kier molecular flexibility index (Phi) is 5.90. The molecule has 0 radical (unpaired) electrons. The summed E-state index contributed by atoms with van der Waals surface area (Å²) in [6, 6.07) is 2.44. The predicted octanol–water partition coefficient (Wildman–Crippen LogP) is 3.95. The van der Waals surface area contributed by atoms with Crippen LogP contribution in [-0.2, 0) is 15.7 Å². The molecule has 3 aromatic rings. The second kappa shape index (κ2) is 8.07. The highest BCUT2D eigenvalue weighted by atomic mass is 35.5. The van der Waals surface area contributed by atoms with Crippen molar-refractivity contribution in [3.8, 4) is 5.69 Å². The number of benzene rings is 1. The first-order valence-corrected chi connectivity index (χ1v) is 9.44. The van der Waals surface area contributed by atoms with E-state index in [4.69, 9.17) is 16.3 Å². The van der Waals surface area contributed by atoms with E-state index in [1.54, 1.807) is 6.92 Å². The normalized spacial score (nSPS) is 11.8. The van der Waals surface area contributed by atoms with Gasteiger partial charge in [0.25, 0.3) is 5.56 Å². The van der Waals surface area contributed by atoms with Crippen molar-refractivity contribution in [3.05, 3.63) is 57.5 Å². The van der Waals surface area contributed by atoms with Gasteiger partial charge in [-0.3, -0.25) is 14.0 Å². The van der Waals surface area contributed by atoms with Gasteiger partial charge in [0, 0.05) is 23.4 Å². The molecule has 0 saturated heterocycles. The van der Waals surface area contributed by atoms with Gasteiger partial charge in [0.2, 0.25) is 5.78 Å². The highest BCUT2D eigenvalue weighted by molar-refractivity contribution is 8.00. The third-order valence-corrected chi connectivity index (χ3v) is 5.20. The lowest BCUT2D eigenvalue weighted by molar-refractivity contribution is -0.142. The van der Waals surface area contributed by atoms with Crippen LogP contribution in [0.15, 0.2) is 40.3 Å². The zero-order chi connectivity index (χ0) is 21.3. The Hall–Kier alpha value is -2.53. The third-order valence-electron chi connectivity index (χ3n) is 3.74. The van der Waals surface area contributed by atoms with Crippen LogP contribution in [0.25, 0.3) is 11.5 Å². The summed E-state index contributed by atoms with van der Waals surface area (Å²) in [5.41, 5.74) is -2.72. The van der Waals surface area contributed by atoms with E-state index in [-0.39, 0.29) is 28.0 Å². The van der Waals surface area contributed by atoms with Gasteiger partial charge in [0.15, 0.2) is 0 Å². The molecule has 0 spiro atoms. The maximum absolute atomic E-state index is 14.6. The molecule has 0 atom stereocenters. The number of fused-ring (bicyclic) bond motifs is 1. The Morgan fingerprint density at radius 2 is 2.03 bits per heavy atom. The lowest BCUT2D eigenvalue weighted by Gasteiger charge is -2.15. The minimum atomic E-state index is -4.81. The second-order valence-corrected chi connectivity index (χ2v) is 7.05. The van der Waals surface area contributed by atoms with Gasteiger partial charge in [-0.2, -0.15) is 13.2 Å². The molecule has 12 heteroatoms. The maximum Gasteiger partial charge on any atom is 0.432 e. The van der Waals surface area contributed by atoms with E-state index in [0.717, 1.165) is 30.2 Å². The summed E-state index contributed by atoms with van der Waals surface area (Å²) >= 11 is 6.94. The van der Waals surface area contributed by atoms with E-state index < -0.39 is 35.0 Å². The molecule has 0 saturated carbocycles. The molecule has 0 N–H and O–H groups in total. The van der Waals surface area contributed by atoms with Crippen molar-refractivity contribution in [2.24, 2.45) is 0 Å². The number of esters is 1. The minimum Gasteiger partial charge on any atom is -0.465 e. The predicted molar refractivity (Wildman–Crippen MR) is 98.1 cm³/mol. The van der Waals surface area contributed by atoms with Gasteiger partial charge < -0.3 is 4.74 Å². The van der Waals surface area contributed by atoms with Crippen LogP contribution < -0.4 is 5.56 Å². The zero-order valence-electron chi connectivity index (χ0n) is 14.7. The van der Waals surface area contributed by atoms with Crippen LogP contribution in [0.4, 0.5) is 17.6 Å². The molecule has 0 aliphatic carbocycles. The number of hydrogen-bond acceptors (Lipinski definition) is 5. The molecular formula is C17H12ClF4N3O3S. The van der Waals surface area contributed by atoms with Gasteiger partial charge in [-0.25, -0.2) is 13.9 Å². The summed E-state index contributed by atoms with van der Waals surface area (Å²) in [7, 11) is 0. The van der Waals surface area contributed by atoms with Gasteiger partial charge in [-0.1, -0.05) is 11.6 Å². The van der Waals surface area contributed by atoms with Crippen LogP contribution in [0.3, 0.4) is 0 Å². The standard InChI is InChI=1S/C17H12ClF4N3O3S/c1-2-28-15(27)8-29-12-6-11(10(19)5-9(12)18)25-14(26)7-13(17(20,21)22)24-4-3-23-16(24)25/h3-7H,2,8H2,1H3. The van der Waals surface area contributed by atoms with Gasteiger partial charge in [-0.05, 0) is 19.1 Å². The molecule has 2 aromatic heterocycles. The molecule has 0 bridgehead atoms. The van der Waals surface area contributed by atoms with Crippen molar-refractivity contribution in [1.82, 2.24) is 14.0 Å². The van der Waals surface area contributed by atoms with Crippen molar-refractivity contribution in [2.75, 3.05) is 12.4 Å². The van der Waals surface area contributed by atoms with Crippen molar-refractivity contribution >= 4 is 35.1 Å². The number of aromatic nitrogens is 3. The number of nitrogens with zero attached hydrogens (tertiary/aromatic N) is 3. The third kappa shape index (κ3) is 4.25. The smallest absolute Gasteiger partial charge is 0.432 e. The van der Waals surface area contributed by atoms with E-state index in [1.165, 1.54) is 6.07 Å². The van der Waals surface area contributed by atoms with Gasteiger partial charge in [0.05, 0.1) is 23.1 Å². The topological polar surface area (TPSA) is 65.6 Å². The Labute approximate surface area is 170 Å². The fourth-order valence-corrected chi connectivity index (χ4v) is 3.65. The molecule has 0 fully saturated rings. The quantitative estimate of drug-likeness (QED) is 0.335. The first kappa shape index (κ1) is 21.2. The summed E-state index contributed by atoms with van der Waals surface area (Å²) < 4.78 is 60.4. The Morgan fingerprint density at radius 3 is 2.69 bits per heavy atom. The Balaban J connectivity index is 2.14. The summed E-state index contributed by atoms with van der Waals surface area (Å²) in [5.74, 6) is -2.02. The lowest BCUT2D eigenvalue weighted by atomic mass is 10.3. The molecule has 0 aliphatic heterocycles. The van der Waals surface area contributed by atoms with Crippen molar-refractivity contribution < 1.29 is 27.1 Å². The van der Waals surface area contributed by atoms with Gasteiger partial charge in [-0.15, -0.1) is 11.8 Å². The number of carbonyl (C=O) groups is 1. The first-order valence-electron chi connectivity index (χ1n) is 8.07. The minimum absolute atomic E-state index is 0.0279. The largest absolute Gasteiger partial charge is 0.465 e. The maximum atomic E-state index is 14.6. The molecule has 6 nitrogen and oxygen atoms in total. The first-order chi connectivity index (χ1) is 13.6. The van der Waals surface area contributed by atoms with E-state index in [2.05, 4.69) is 4.98 Å². The summed E-state index contributed by atoms with van der Waals surface area (Å²) in [6.07, 6.45) is -2.74. The van der Waals surface area contributed by atoms with E-state index in [1.807, 2.05) is 0 Å². The fourth-order valence-electron chi connectivity index (χ4n) is 2.58. The zero-order valence-corrected chi connectivity index (χ0v) is 16.2. The van der Waals surface area contributed by atoms with Crippen molar-refractivity contribution in [2.45, 2.75) is 18.0 Å². The number of halogens is 5. The SMILES string of the molecule is CCOC(=O)CSc1cc(-n2c(=O)cc(C(F)(F)F)n3ccnc23)c(F)cc1Cl. The molecule has 0 unspecified atom stereocenters. The molecule has 154 valence electrons. The molecule has 29 heavy (non-hydrogen) atoms. The Morgan fingerprint density at radius 1 is 1.31 bits per heavy atom. The number of alkyl halides is 3. The molecule has 0 aliphatic rings. The van der Waals surface area contributed by atoms with Crippen LogP contribution in [0.2, 0.25) is 5.02 Å². The molecule has 1 aromatic carbocycles. The monoisotopic (exact) mass is 449 g/mol. The number of thioether (sulfide) groups is 1. The van der Waals surface area contributed by atoms with Crippen molar-refractivity contribution in [3.63, 3.8) is 0 Å². The highest BCUT2D eigenvalue weighted by Gasteiger charge is 2.35.